The van der Waals surface area contributed by atoms with E-state index in [2.05, 4.69) is 0 Å². The molecule has 3 nitrogen and oxygen atoms in total. The van der Waals surface area contributed by atoms with Gasteiger partial charge in [-0.05, 0) is 6.42 Å². The van der Waals surface area contributed by atoms with Gasteiger partial charge in [0.05, 0.1) is 6.61 Å². The topological polar surface area (TPSA) is 44.5 Å². The van der Waals surface area contributed by atoms with Crippen molar-refractivity contribution in [3.8, 4) is 17.2 Å². The van der Waals surface area contributed by atoms with Crippen LogP contribution in [0.1, 0.15) is 13.3 Å². The van der Waals surface area contributed by atoms with E-state index in [9.17, 15) is 8.78 Å². The van der Waals surface area contributed by atoms with E-state index in [4.69, 9.17) is 15.2 Å². The minimum absolute atomic E-state index is 0.0644. The van der Waals surface area contributed by atoms with Gasteiger partial charge < -0.3 is 15.2 Å². The van der Waals surface area contributed by atoms with Crippen LogP contribution in [0.2, 0.25) is 0 Å². The Bertz CT molecular complexity index is 582. The van der Waals surface area contributed by atoms with E-state index in [0.717, 1.165) is 24.6 Å². The van der Waals surface area contributed by atoms with Gasteiger partial charge in [-0.25, -0.2) is 8.78 Å². The van der Waals surface area contributed by atoms with Crippen molar-refractivity contribution in [3.05, 3.63) is 48.0 Å². The van der Waals surface area contributed by atoms with Gasteiger partial charge in [-0.1, -0.05) is 6.92 Å². The molecule has 106 valence electrons. The van der Waals surface area contributed by atoms with Gasteiger partial charge in [0.15, 0.2) is 0 Å². The van der Waals surface area contributed by atoms with Crippen molar-refractivity contribution >= 4 is 5.69 Å². The summed E-state index contributed by atoms with van der Waals surface area (Å²) >= 11 is 0. The summed E-state index contributed by atoms with van der Waals surface area (Å²) in [4.78, 5) is 0. The highest BCUT2D eigenvalue weighted by molar-refractivity contribution is 5.51. The Labute approximate surface area is 115 Å². The molecule has 2 aromatic carbocycles. The van der Waals surface area contributed by atoms with Crippen molar-refractivity contribution < 1.29 is 18.3 Å². The maximum atomic E-state index is 13.1. The molecule has 0 atom stereocenters. The van der Waals surface area contributed by atoms with Crippen LogP contribution in [-0.4, -0.2) is 6.61 Å². The molecule has 20 heavy (non-hydrogen) atoms. The van der Waals surface area contributed by atoms with Crippen LogP contribution in [0.5, 0.6) is 17.2 Å². The lowest BCUT2D eigenvalue weighted by Crippen LogP contribution is -1.97. The van der Waals surface area contributed by atoms with Crippen molar-refractivity contribution in [2.75, 3.05) is 12.3 Å². The highest BCUT2D eigenvalue weighted by atomic mass is 19.1. The SMILES string of the molecule is CCCOc1cc(N)cc(Oc2cc(F)cc(F)c2)c1. The maximum Gasteiger partial charge on any atom is 0.133 e. The van der Waals surface area contributed by atoms with Crippen molar-refractivity contribution in [1.29, 1.82) is 0 Å². The fourth-order valence-electron chi connectivity index (χ4n) is 1.68. The second-order valence-corrected chi connectivity index (χ2v) is 4.29. The molecule has 0 fully saturated rings. The second kappa shape index (κ2) is 6.23. The Hall–Kier alpha value is -2.30. The summed E-state index contributed by atoms with van der Waals surface area (Å²) in [6.45, 7) is 2.54. The molecule has 0 aliphatic heterocycles. The molecule has 0 amide bonds. The van der Waals surface area contributed by atoms with Gasteiger partial charge >= 0.3 is 0 Å². The molecule has 0 bridgehead atoms. The first kappa shape index (κ1) is 14.1. The maximum absolute atomic E-state index is 13.1. The average molecular weight is 279 g/mol. The normalized spacial score (nSPS) is 10.3. The monoisotopic (exact) mass is 279 g/mol. The zero-order valence-electron chi connectivity index (χ0n) is 11.0. The minimum Gasteiger partial charge on any atom is -0.493 e. The largest absolute Gasteiger partial charge is 0.493 e. The van der Waals surface area contributed by atoms with Crippen LogP contribution >= 0.6 is 0 Å². The van der Waals surface area contributed by atoms with Crippen molar-refractivity contribution in [2.45, 2.75) is 13.3 Å². The molecule has 0 saturated heterocycles. The number of halogens is 2. The van der Waals surface area contributed by atoms with Gasteiger partial charge in [0, 0.05) is 42.1 Å². The highest BCUT2D eigenvalue weighted by Crippen LogP contribution is 2.29. The molecule has 0 aliphatic rings. The molecule has 2 N–H and O–H groups in total. The zero-order valence-corrected chi connectivity index (χ0v) is 11.0. The summed E-state index contributed by atoms with van der Waals surface area (Å²) in [6.07, 6.45) is 0.861. The number of nitrogen functional groups attached to an aromatic ring is 1. The van der Waals surface area contributed by atoms with Gasteiger partial charge in [-0.15, -0.1) is 0 Å². The fourth-order valence-corrected chi connectivity index (χ4v) is 1.68. The highest BCUT2D eigenvalue weighted by Gasteiger charge is 2.06. The van der Waals surface area contributed by atoms with Crippen LogP contribution in [-0.2, 0) is 0 Å². The summed E-state index contributed by atoms with van der Waals surface area (Å²) in [6, 6.07) is 7.81. The number of benzene rings is 2. The number of hydrogen-bond acceptors (Lipinski definition) is 3. The van der Waals surface area contributed by atoms with Crippen molar-refractivity contribution in [2.24, 2.45) is 0 Å². The first-order valence-corrected chi connectivity index (χ1v) is 6.24. The molecule has 0 heterocycles. The minimum atomic E-state index is -0.702. The van der Waals surface area contributed by atoms with Crippen molar-refractivity contribution in [3.63, 3.8) is 0 Å². The number of hydrogen-bond donors (Lipinski definition) is 1. The third-order valence-corrected chi connectivity index (χ3v) is 2.45. The molecule has 0 spiro atoms. The average Bonchev–Trinajstić information content (AvgIpc) is 2.34. The summed E-state index contributed by atoms with van der Waals surface area (Å²) in [5, 5.41) is 0. The van der Waals surface area contributed by atoms with Crippen LogP contribution in [0.4, 0.5) is 14.5 Å². The van der Waals surface area contributed by atoms with Gasteiger partial charge in [0.1, 0.15) is 28.9 Å². The van der Waals surface area contributed by atoms with Crippen LogP contribution in [0.3, 0.4) is 0 Å². The molecule has 2 rings (SSSR count). The number of anilines is 1. The van der Waals surface area contributed by atoms with E-state index in [1.807, 2.05) is 6.92 Å². The Morgan fingerprint density at radius 2 is 1.50 bits per heavy atom. The van der Waals surface area contributed by atoms with Crippen molar-refractivity contribution in [1.82, 2.24) is 0 Å². The first-order chi connectivity index (χ1) is 9.56. The predicted molar refractivity (Wildman–Crippen MR) is 73.1 cm³/mol. The van der Waals surface area contributed by atoms with Crippen LogP contribution in [0.15, 0.2) is 36.4 Å². The van der Waals surface area contributed by atoms with Gasteiger partial charge in [-0.3, -0.25) is 0 Å². The van der Waals surface area contributed by atoms with E-state index in [0.29, 0.717) is 23.8 Å². The third kappa shape index (κ3) is 3.85. The van der Waals surface area contributed by atoms with E-state index in [1.54, 1.807) is 18.2 Å². The van der Waals surface area contributed by atoms with Gasteiger partial charge in [0.2, 0.25) is 0 Å². The summed E-state index contributed by atoms with van der Waals surface area (Å²) in [5.74, 6) is -0.424. The van der Waals surface area contributed by atoms with E-state index >= 15 is 0 Å². The standard InChI is InChI=1S/C15H15F2NO2/c1-2-3-19-13-7-12(18)8-15(9-13)20-14-5-10(16)4-11(17)6-14/h4-9H,2-3,18H2,1H3. The van der Waals surface area contributed by atoms with Gasteiger partial charge in [0.25, 0.3) is 0 Å². The third-order valence-electron chi connectivity index (χ3n) is 2.45. The fraction of sp³-hybridized carbons (Fsp3) is 0.200. The lowest BCUT2D eigenvalue weighted by molar-refractivity contribution is 0.316. The Balaban J connectivity index is 2.21. The molecule has 2 aromatic rings. The lowest BCUT2D eigenvalue weighted by Gasteiger charge is -2.10. The lowest BCUT2D eigenvalue weighted by atomic mass is 10.2. The predicted octanol–water partition coefficient (Wildman–Crippen LogP) is 4.13. The van der Waals surface area contributed by atoms with E-state index in [1.165, 1.54) is 0 Å². The smallest absolute Gasteiger partial charge is 0.133 e. The number of ether oxygens (including phenoxy) is 2. The molecule has 0 radical (unpaired) electrons. The Morgan fingerprint density at radius 1 is 0.900 bits per heavy atom. The molecular weight excluding hydrogens is 264 g/mol. The molecule has 0 aliphatic carbocycles. The summed E-state index contributed by atoms with van der Waals surface area (Å²) in [5.41, 5.74) is 6.19. The molecule has 0 unspecified atom stereocenters. The van der Waals surface area contributed by atoms with Crippen LogP contribution in [0, 0.1) is 11.6 Å². The number of rotatable bonds is 5. The second-order valence-electron chi connectivity index (χ2n) is 4.29. The van der Waals surface area contributed by atoms with Crippen LogP contribution < -0.4 is 15.2 Å². The van der Waals surface area contributed by atoms with Gasteiger partial charge in [-0.2, -0.15) is 0 Å². The first-order valence-electron chi connectivity index (χ1n) is 6.24. The van der Waals surface area contributed by atoms with E-state index in [-0.39, 0.29) is 5.75 Å². The molecular formula is C15H15F2NO2. The Kier molecular flexibility index (Phi) is 4.40. The molecule has 5 heteroatoms. The Morgan fingerprint density at radius 3 is 2.15 bits per heavy atom. The van der Waals surface area contributed by atoms with E-state index < -0.39 is 11.6 Å². The zero-order chi connectivity index (χ0) is 14.5. The summed E-state index contributed by atoms with van der Waals surface area (Å²) in [7, 11) is 0. The molecule has 0 aromatic heterocycles. The quantitative estimate of drug-likeness (QED) is 0.837. The van der Waals surface area contributed by atoms with Crippen LogP contribution in [0.25, 0.3) is 0 Å². The number of nitrogens with two attached hydrogens (primary N) is 1. The summed E-state index contributed by atoms with van der Waals surface area (Å²) < 4.78 is 37.0. The molecule has 0 saturated carbocycles.